The molecule has 1 saturated carbocycles. The normalized spacial score (nSPS) is 18.5. The average molecular weight is 306 g/mol. The molecule has 1 aromatic rings. The van der Waals surface area contributed by atoms with Crippen molar-refractivity contribution in [3.05, 3.63) is 35.9 Å². The van der Waals surface area contributed by atoms with E-state index in [0.717, 1.165) is 23.8 Å². The Hall–Kier alpha value is -1.00. The lowest BCUT2D eigenvalue weighted by atomic mass is 9.91. The second-order valence-electron chi connectivity index (χ2n) is 5.83. The van der Waals surface area contributed by atoms with Gasteiger partial charge in [-0.15, -0.1) is 0 Å². The third kappa shape index (κ3) is 4.01. The van der Waals surface area contributed by atoms with Crippen LogP contribution < -0.4 is 11.1 Å². The Bertz CT molecular complexity index is 445. The maximum absolute atomic E-state index is 12.2. The van der Waals surface area contributed by atoms with Gasteiger partial charge < -0.3 is 5.73 Å². The Morgan fingerprint density at radius 3 is 2.57 bits per heavy atom. The highest BCUT2D eigenvalue weighted by Crippen LogP contribution is 2.31. The van der Waals surface area contributed by atoms with Crippen molar-refractivity contribution in [2.24, 2.45) is 11.7 Å². The third-order valence-corrected chi connectivity index (χ3v) is 5.66. The number of nitrogens with two attached hydrogens (primary N) is 1. The van der Waals surface area contributed by atoms with Gasteiger partial charge in [0.05, 0.1) is 0 Å². The summed E-state index contributed by atoms with van der Waals surface area (Å²) in [6.45, 7) is 2.74. The van der Waals surface area contributed by atoms with Gasteiger partial charge in [0.25, 0.3) is 0 Å². The van der Waals surface area contributed by atoms with Crippen molar-refractivity contribution < 1.29 is 4.79 Å². The Balaban J connectivity index is 2.09. The van der Waals surface area contributed by atoms with E-state index in [4.69, 9.17) is 5.73 Å². The molecule has 1 aliphatic rings. The zero-order valence-corrected chi connectivity index (χ0v) is 13.6. The lowest BCUT2D eigenvalue weighted by molar-refractivity contribution is -0.123. The van der Waals surface area contributed by atoms with E-state index in [1.54, 1.807) is 0 Å². The molecule has 0 aliphatic heterocycles. The van der Waals surface area contributed by atoms with E-state index in [0.29, 0.717) is 5.75 Å². The highest BCUT2D eigenvalue weighted by Gasteiger charge is 2.37. The number of thioether (sulfide) groups is 1. The Labute approximate surface area is 132 Å². The smallest absolute Gasteiger partial charge is 0.243 e. The predicted molar refractivity (Wildman–Crippen MR) is 90.3 cm³/mol. The van der Waals surface area contributed by atoms with Crippen LogP contribution in [0.2, 0.25) is 0 Å². The predicted octanol–water partition coefficient (Wildman–Crippen LogP) is 2.90. The highest BCUT2D eigenvalue weighted by molar-refractivity contribution is 7.99. The number of likely N-dealkylation sites (N-methyl/N-ethyl adjacent to an activating group) is 1. The first kappa shape index (κ1) is 16.4. The van der Waals surface area contributed by atoms with Gasteiger partial charge in [-0.2, -0.15) is 11.8 Å². The summed E-state index contributed by atoms with van der Waals surface area (Å²) in [5, 5.41) is 3.34. The van der Waals surface area contributed by atoms with Gasteiger partial charge in [0, 0.05) is 5.75 Å². The minimum atomic E-state index is -0.751. The molecule has 1 amide bonds. The number of hydrogen-bond acceptors (Lipinski definition) is 3. The van der Waals surface area contributed by atoms with Crippen LogP contribution in [-0.4, -0.2) is 24.0 Å². The fraction of sp³-hybridized carbons (Fsp3) is 0.588. The molecule has 0 aromatic heterocycles. The van der Waals surface area contributed by atoms with Crippen LogP contribution in [0.5, 0.6) is 0 Å². The molecule has 1 aromatic carbocycles. The summed E-state index contributed by atoms with van der Waals surface area (Å²) in [4.78, 5) is 12.2. The van der Waals surface area contributed by atoms with Gasteiger partial charge in [-0.3, -0.25) is 10.1 Å². The molecule has 1 fully saturated rings. The first-order chi connectivity index (χ1) is 10.2. The fourth-order valence-electron chi connectivity index (χ4n) is 3.12. The molecule has 0 saturated heterocycles. The number of benzene rings is 1. The number of nitrogens with one attached hydrogen (secondary N) is 1. The molecule has 4 heteroatoms. The van der Waals surface area contributed by atoms with E-state index in [1.807, 2.05) is 49.0 Å². The number of rotatable bonds is 8. The zero-order chi connectivity index (χ0) is 15.1. The molecule has 21 heavy (non-hydrogen) atoms. The van der Waals surface area contributed by atoms with Crippen molar-refractivity contribution in [1.82, 2.24) is 5.32 Å². The number of amides is 1. The molecule has 1 aliphatic carbocycles. The van der Waals surface area contributed by atoms with Crippen LogP contribution in [0, 0.1) is 5.92 Å². The summed E-state index contributed by atoms with van der Waals surface area (Å²) in [5.74, 6) is 2.37. The molecular formula is C17H26N2OS. The topological polar surface area (TPSA) is 55.1 Å². The van der Waals surface area contributed by atoms with Crippen molar-refractivity contribution in [3.8, 4) is 0 Å². The van der Waals surface area contributed by atoms with E-state index in [-0.39, 0.29) is 5.91 Å². The number of carbonyl (C=O) groups excluding carboxylic acids is 1. The van der Waals surface area contributed by atoms with Crippen molar-refractivity contribution in [3.63, 3.8) is 0 Å². The average Bonchev–Trinajstić information content (AvgIpc) is 3.00. The molecule has 1 unspecified atom stereocenters. The van der Waals surface area contributed by atoms with Gasteiger partial charge in [-0.05, 0) is 36.6 Å². The summed E-state index contributed by atoms with van der Waals surface area (Å²) in [6, 6.07) is 9.87. The Kier molecular flexibility index (Phi) is 6.12. The van der Waals surface area contributed by atoms with Gasteiger partial charge in [-0.25, -0.2) is 0 Å². The van der Waals surface area contributed by atoms with Crippen molar-refractivity contribution in [2.75, 3.05) is 18.1 Å². The monoisotopic (exact) mass is 306 g/mol. The Morgan fingerprint density at radius 2 is 2.00 bits per heavy atom. The summed E-state index contributed by atoms with van der Waals surface area (Å²) < 4.78 is 0. The summed E-state index contributed by atoms with van der Waals surface area (Å²) in [5.41, 5.74) is 5.99. The summed E-state index contributed by atoms with van der Waals surface area (Å²) in [6.07, 6.45) is 5.39. The van der Waals surface area contributed by atoms with Crippen LogP contribution >= 0.6 is 11.8 Å². The van der Waals surface area contributed by atoms with Gasteiger partial charge in [0.2, 0.25) is 5.91 Å². The van der Waals surface area contributed by atoms with Crippen LogP contribution in [0.4, 0.5) is 0 Å². The third-order valence-electron chi connectivity index (χ3n) is 4.31. The minimum Gasteiger partial charge on any atom is -0.368 e. The van der Waals surface area contributed by atoms with E-state index < -0.39 is 5.54 Å². The lowest BCUT2D eigenvalue weighted by Gasteiger charge is -2.32. The maximum Gasteiger partial charge on any atom is 0.243 e. The van der Waals surface area contributed by atoms with Crippen LogP contribution in [0.25, 0.3) is 0 Å². The Morgan fingerprint density at radius 1 is 1.33 bits per heavy atom. The number of carbonyl (C=O) groups is 1. The zero-order valence-electron chi connectivity index (χ0n) is 12.8. The molecule has 2 rings (SSSR count). The van der Waals surface area contributed by atoms with Crippen LogP contribution in [-0.2, 0) is 10.3 Å². The standard InChI is InChI=1S/C17H26N2OS/c1-2-19-17(16(18)20,15-10-4-3-5-11-15)13-21-12-14-8-6-7-9-14/h3-5,10-11,14,19H,2,6-9,12-13H2,1H3,(H2,18,20). The summed E-state index contributed by atoms with van der Waals surface area (Å²) in [7, 11) is 0. The molecule has 3 N–H and O–H groups in total. The molecule has 116 valence electrons. The second-order valence-corrected chi connectivity index (χ2v) is 6.86. The first-order valence-electron chi connectivity index (χ1n) is 7.87. The summed E-state index contributed by atoms with van der Waals surface area (Å²) >= 11 is 1.86. The molecular weight excluding hydrogens is 280 g/mol. The van der Waals surface area contributed by atoms with Crippen LogP contribution in [0.3, 0.4) is 0 Å². The van der Waals surface area contributed by atoms with E-state index in [2.05, 4.69) is 5.32 Å². The van der Waals surface area contributed by atoms with Crippen LogP contribution in [0.15, 0.2) is 30.3 Å². The maximum atomic E-state index is 12.2. The lowest BCUT2D eigenvalue weighted by Crippen LogP contribution is -2.54. The van der Waals surface area contributed by atoms with Crippen molar-refractivity contribution in [1.29, 1.82) is 0 Å². The van der Waals surface area contributed by atoms with E-state index in [1.165, 1.54) is 25.7 Å². The van der Waals surface area contributed by atoms with Gasteiger partial charge in [-0.1, -0.05) is 50.1 Å². The minimum absolute atomic E-state index is 0.283. The molecule has 0 bridgehead atoms. The molecule has 3 nitrogen and oxygen atoms in total. The molecule has 0 heterocycles. The number of primary amides is 1. The second kappa shape index (κ2) is 7.85. The van der Waals surface area contributed by atoms with E-state index >= 15 is 0 Å². The van der Waals surface area contributed by atoms with Crippen molar-refractivity contribution >= 4 is 17.7 Å². The number of hydrogen-bond donors (Lipinski definition) is 2. The van der Waals surface area contributed by atoms with Crippen LogP contribution in [0.1, 0.15) is 38.2 Å². The van der Waals surface area contributed by atoms with E-state index in [9.17, 15) is 4.79 Å². The quantitative estimate of drug-likeness (QED) is 0.776. The van der Waals surface area contributed by atoms with Gasteiger partial charge in [0.15, 0.2) is 0 Å². The first-order valence-corrected chi connectivity index (χ1v) is 9.02. The molecule has 0 spiro atoms. The fourth-order valence-corrected chi connectivity index (χ4v) is 4.62. The van der Waals surface area contributed by atoms with Gasteiger partial charge in [0.1, 0.15) is 5.54 Å². The van der Waals surface area contributed by atoms with Gasteiger partial charge >= 0.3 is 0 Å². The molecule has 1 atom stereocenters. The largest absolute Gasteiger partial charge is 0.368 e. The highest BCUT2D eigenvalue weighted by atomic mass is 32.2. The SMILES string of the molecule is CCNC(CSCC1CCCC1)(C(N)=O)c1ccccc1. The molecule has 0 radical (unpaired) electrons. The van der Waals surface area contributed by atoms with Crippen molar-refractivity contribution in [2.45, 2.75) is 38.1 Å².